The Morgan fingerprint density at radius 3 is 2.44 bits per heavy atom. The minimum atomic E-state index is 0.828. The average Bonchev–Trinajstić information content (AvgIpc) is 2.12. The topological polar surface area (TPSA) is 56.3 Å². The molecule has 0 aliphatic rings. The second-order valence-corrected chi connectivity index (χ2v) is 2.16. The largest absolute Gasteiger partial charge is 0.354 e. The number of aryl methyl sites for hydroxylation is 2. The quantitative estimate of drug-likeness (QED) is 0.536. The van der Waals surface area contributed by atoms with E-state index in [4.69, 9.17) is 0 Å². The van der Waals surface area contributed by atoms with E-state index in [9.17, 15) is 0 Å². The van der Waals surface area contributed by atoms with Crippen molar-refractivity contribution in [3.63, 3.8) is 0 Å². The lowest BCUT2D eigenvalue weighted by Crippen LogP contribution is -2.47. The smallest absolute Gasteiger partial charge is 0.103 e. The summed E-state index contributed by atoms with van der Waals surface area (Å²) in [7, 11) is 0. The van der Waals surface area contributed by atoms with Gasteiger partial charge in [-0.3, -0.25) is 5.10 Å². The maximum absolute atomic E-state index is 4.02. The van der Waals surface area contributed by atoms with Crippen molar-refractivity contribution in [1.29, 1.82) is 0 Å². The van der Waals surface area contributed by atoms with Gasteiger partial charge < -0.3 is 5.73 Å². The van der Waals surface area contributed by atoms with E-state index in [0.29, 0.717) is 0 Å². The van der Waals surface area contributed by atoms with Crippen LogP contribution in [0.3, 0.4) is 0 Å². The average molecular weight is 126 g/mol. The number of aromatic amines is 1. The first-order chi connectivity index (χ1) is 4.25. The van der Waals surface area contributed by atoms with E-state index in [1.807, 2.05) is 13.8 Å². The summed E-state index contributed by atoms with van der Waals surface area (Å²) in [6.07, 6.45) is 0. The van der Waals surface area contributed by atoms with Crippen molar-refractivity contribution in [3.8, 4) is 0 Å². The van der Waals surface area contributed by atoms with Gasteiger partial charge in [-0.15, -0.1) is 0 Å². The van der Waals surface area contributed by atoms with Crippen LogP contribution in [0.2, 0.25) is 0 Å². The Labute approximate surface area is 54.3 Å². The van der Waals surface area contributed by atoms with Gasteiger partial charge in [0.25, 0.3) is 0 Å². The molecule has 50 valence electrons. The Morgan fingerprint density at radius 2 is 2.22 bits per heavy atom. The number of H-pyrrole nitrogens is 1. The van der Waals surface area contributed by atoms with Crippen molar-refractivity contribution in [2.45, 2.75) is 20.4 Å². The van der Waals surface area contributed by atoms with Gasteiger partial charge in [-0.1, -0.05) is 0 Å². The highest BCUT2D eigenvalue weighted by molar-refractivity contribution is 5.21. The fraction of sp³-hybridized carbons (Fsp3) is 0.500. The molecule has 0 amide bonds. The lowest BCUT2D eigenvalue weighted by Gasteiger charge is -1.88. The summed E-state index contributed by atoms with van der Waals surface area (Å²) in [6.45, 7) is 4.83. The molecular weight excluding hydrogens is 114 g/mol. The molecular formula is C6H12N3+. The van der Waals surface area contributed by atoms with Crippen LogP contribution < -0.4 is 5.73 Å². The molecule has 0 aliphatic carbocycles. The standard InChI is InChI=1S/C6H11N3/c1-4-6(3-7)5(2)9-8-4/h3,7H2,1-2H3,(H,8,9)/p+1. The minimum Gasteiger partial charge on any atom is -0.354 e. The highest BCUT2D eigenvalue weighted by atomic mass is 15.1. The molecule has 0 fully saturated rings. The first-order valence-electron chi connectivity index (χ1n) is 3.05. The van der Waals surface area contributed by atoms with Crippen LogP contribution in [0.1, 0.15) is 17.0 Å². The number of rotatable bonds is 1. The predicted molar refractivity (Wildman–Crippen MR) is 34.7 cm³/mol. The Hall–Kier alpha value is -0.830. The zero-order valence-corrected chi connectivity index (χ0v) is 5.86. The summed E-state index contributed by atoms with van der Waals surface area (Å²) in [5, 5.41) is 6.92. The maximum atomic E-state index is 4.02. The van der Waals surface area contributed by atoms with Gasteiger partial charge in [-0.2, -0.15) is 5.10 Å². The van der Waals surface area contributed by atoms with Gasteiger partial charge in [-0.05, 0) is 13.8 Å². The Morgan fingerprint density at radius 1 is 1.56 bits per heavy atom. The second-order valence-electron chi connectivity index (χ2n) is 2.16. The summed E-state index contributed by atoms with van der Waals surface area (Å²) in [6, 6.07) is 0. The normalized spacial score (nSPS) is 10.1. The molecule has 1 aromatic heterocycles. The second kappa shape index (κ2) is 2.19. The van der Waals surface area contributed by atoms with Crippen LogP contribution in [0.4, 0.5) is 0 Å². The lowest BCUT2D eigenvalue weighted by atomic mass is 10.2. The van der Waals surface area contributed by atoms with Crippen LogP contribution in [0.25, 0.3) is 0 Å². The van der Waals surface area contributed by atoms with Gasteiger partial charge in [0.05, 0.1) is 5.69 Å². The van der Waals surface area contributed by atoms with Crippen molar-refractivity contribution in [2.24, 2.45) is 0 Å². The molecule has 0 saturated heterocycles. The molecule has 3 nitrogen and oxygen atoms in total. The number of aromatic nitrogens is 2. The Bertz CT molecular complexity index is 183. The Balaban J connectivity index is 3.07. The molecule has 0 bridgehead atoms. The van der Waals surface area contributed by atoms with E-state index in [1.54, 1.807) is 0 Å². The first-order valence-corrected chi connectivity index (χ1v) is 3.05. The van der Waals surface area contributed by atoms with E-state index in [0.717, 1.165) is 17.9 Å². The lowest BCUT2D eigenvalue weighted by molar-refractivity contribution is -0.386. The third kappa shape index (κ3) is 0.954. The van der Waals surface area contributed by atoms with Gasteiger partial charge in [0.15, 0.2) is 0 Å². The molecule has 1 rings (SSSR count). The van der Waals surface area contributed by atoms with Crippen LogP contribution in [-0.4, -0.2) is 10.2 Å². The maximum Gasteiger partial charge on any atom is 0.103 e. The summed E-state index contributed by atoms with van der Waals surface area (Å²) in [4.78, 5) is 0. The molecule has 0 radical (unpaired) electrons. The van der Waals surface area contributed by atoms with Gasteiger partial charge in [-0.25, -0.2) is 0 Å². The molecule has 9 heavy (non-hydrogen) atoms. The highest BCUT2D eigenvalue weighted by Gasteiger charge is 2.03. The van der Waals surface area contributed by atoms with E-state index >= 15 is 0 Å². The van der Waals surface area contributed by atoms with Crippen LogP contribution >= 0.6 is 0 Å². The molecule has 0 unspecified atom stereocenters. The van der Waals surface area contributed by atoms with Crippen molar-refractivity contribution >= 4 is 0 Å². The number of quaternary nitrogens is 1. The molecule has 3 heteroatoms. The zero-order valence-electron chi connectivity index (χ0n) is 5.86. The third-order valence-electron chi connectivity index (χ3n) is 1.53. The monoisotopic (exact) mass is 126 g/mol. The SMILES string of the molecule is Cc1n[nH]c(C)c1C[NH3+]. The van der Waals surface area contributed by atoms with Gasteiger partial charge in [0, 0.05) is 11.3 Å². The van der Waals surface area contributed by atoms with Crippen molar-refractivity contribution in [3.05, 3.63) is 17.0 Å². The highest BCUT2D eigenvalue weighted by Crippen LogP contribution is 2.05. The van der Waals surface area contributed by atoms with Gasteiger partial charge in [0.2, 0.25) is 0 Å². The molecule has 0 aromatic carbocycles. The van der Waals surface area contributed by atoms with E-state index in [-0.39, 0.29) is 0 Å². The summed E-state index contributed by atoms with van der Waals surface area (Å²) < 4.78 is 0. The summed E-state index contributed by atoms with van der Waals surface area (Å²) in [5.74, 6) is 0. The van der Waals surface area contributed by atoms with E-state index in [1.165, 1.54) is 5.56 Å². The molecule has 1 aromatic rings. The van der Waals surface area contributed by atoms with Crippen LogP contribution in [-0.2, 0) is 6.54 Å². The first kappa shape index (κ1) is 6.29. The fourth-order valence-corrected chi connectivity index (χ4v) is 0.942. The molecule has 0 spiro atoms. The van der Waals surface area contributed by atoms with Crippen molar-refractivity contribution in [1.82, 2.24) is 10.2 Å². The van der Waals surface area contributed by atoms with Crippen LogP contribution in [0.5, 0.6) is 0 Å². The van der Waals surface area contributed by atoms with Gasteiger partial charge >= 0.3 is 0 Å². The van der Waals surface area contributed by atoms with Gasteiger partial charge in [0.1, 0.15) is 6.54 Å². The predicted octanol–water partition coefficient (Wildman–Crippen LogP) is -0.232. The van der Waals surface area contributed by atoms with E-state index in [2.05, 4.69) is 15.9 Å². The van der Waals surface area contributed by atoms with Crippen molar-refractivity contribution in [2.75, 3.05) is 0 Å². The zero-order chi connectivity index (χ0) is 6.85. The minimum absolute atomic E-state index is 0.828. The molecule has 0 atom stereocenters. The molecule has 0 saturated carbocycles. The summed E-state index contributed by atoms with van der Waals surface area (Å²) >= 11 is 0. The third-order valence-corrected chi connectivity index (χ3v) is 1.53. The van der Waals surface area contributed by atoms with Crippen LogP contribution in [0.15, 0.2) is 0 Å². The van der Waals surface area contributed by atoms with Crippen LogP contribution in [0, 0.1) is 13.8 Å². The fourth-order valence-electron chi connectivity index (χ4n) is 0.942. The van der Waals surface area contributed by atoms with Crippen molar-refractivity contribution < 1.29 is 5.73 Å². The number of hydrogen-bond acceptors (Lipinski definition) is 1. The molecule has 0 aliphatic heterocycles. The molecule has 4 N–H and O–H groups in total. The number of hydrogen-bond donors (Lipinski definition) is 2. The van der Waals surface area contributed by atoms with E-state index < -0.39 is 0 Å². The molecule has 1 heterocycles. The number of nitrogens with one attached hydrogen (secondary N) is 1. The summed E-state index contributed by atoms with van der Waals surface area (Å²) in [5.41, 5.74) is 7.25. The Kier molecular flexibility index (Phi) is 1.53. The number of nitrogens with zero attached hydrogens (tertiary/aromatic N) is 1.